The minimum absolute atomic E-state index is 0.114. The van der Waals surface area contributed by atoms with Crippen molar-refractivity contribution in [1.29, 1.82) is 0 Å². The van der Waals surface area contributed by atoms with Gasteiger partial charge in [0.1, 0.15) is 0 Å². The van der Waals surface area contributed by atoms with Crippen molar-refractivity contribution >= 4 is 5.69 Å². The molecule has 1 aromatic carbocycles. The predicted octanol–water partition coefficient (Wildman–Crippen LogP) is 6.32. The molecule has 0 fully saturated rings. The van der Waals surface area contributed by atoms with Crippen molar-refractivity contribution in [3.05, 3.63) is 29.3 Å². The minimum atomic E-state index is 0.114. The van der Waals surface area contributed by atoms with Gasteiger partial charge in [0.2, 0.25) is 0 Å². The van der Waals surface area contributed by atoms with Crippen LogP contribution in [0.5, 0.6) is 0 Å². The van der Waals surface area contributed by atoms with Crippen LogP contribution in [0.4, 0.5) is 5.69 Å². The number of aryl methyl sites for hydroxylation is 1. The molecule has 0 atom stereocenters. The lowest BCUT2D eigenvalue weighted by Gasteiger charge is -2.27. The third-order valence-electron chi connectivity index (χ3n) is 3.73. The van der Waals surface area contributed by atoms with Crippen LogP contribution in [0.25, 0.3) is 0 Å². The standard InChI is InChI=1S/C20H35N/c1-8-9-10-11-12-16-15-17(21-20(5,6)7)13-14-18(16)19(2,3)4/h13-15,21H,8-12H2,1-7H3. The molecule has 0 amide bonds. The monoisotopic (exact) mass is 289 g/mol. The van der Waals surface area contributed by atoms with Crippen molar-refractivity contribution in [3.63, 3.8) is 0 Å². The van der Waals surface area contributed by atoms with Crippen molar-refractivity contribution in [1.82, 2.24) is 0 Å². The molecule has 0 saturated heterocycles. The van der Waals surface area contributed by atoms with Crippen LogP contribution in [0.1, 0.15) is 85.3 Å². The zero-order valence-corrected chi connectivity index (χ0v) is 15.3. The lowest BCUT2D eigenvalue weighted by Crippen LogP contribution is -2.26. The number of unbranched alkanes of at least 4 members (excludes halogenated alkanes) is 3. The number of hydrogen-bond donors (Lipinski definition) is 1. The normalized spacial score (nSPS) is 12.5. The largest absolute Gasteiger partial charge is 0.380 e. The average molecular weight is 290 g/mol. The first-order chi connectivity index (χ1) is 9.63. The molecule has 21 heavy (non-hydrogen) atoms. The number of rotatable bonds is 6. The maximum Gasteiger partial charge on any atom is 0.0347 e. The highest BCUT2D eigenvalue weighted by atomic mass is 14.9. The van der Waals surface area contributed by atoms with E-state index >= 15 is 0 Å². The Morgan fingerprint density at radius 3 is 2.10 bits per heavy atom. The van der Waals surface area contributed by atoms with E-state index in [4.69, 9.17) is 0 Å². The fraction of sp³-hybridized carbons (Fsp3) is 0.700. The van der Waals surface area contributed by atoms with Crippen molar-refractivity contribution in [2.24, 2.45) is 0 Å². The molecule has 120 valence electrons. The summed E-state index contributed by atoms with van der Waals surface area (Å²) in [6, 6.07) is 6.93. The zero-order valence-electron chi connectivity index (χ0n) is 15.3. The molecule has 1 rings (SSSR count). The molecule has 0 aliphatic heterocycles. The molecule has 0 radical (unpaired) electrons. The van der Waals surface area contributed by atoms with Gasteiger partial charge in [-0.05, 0) is 62.3 Å². The van der Waals surface area contributed by atoms with Gasteiger partial charge in [-0.1, -0.05) is 53.0 Å². The van der Waals surface area contributed by atoms with E-state index in [1.54, 1.807) is 0 Å². The highest BCUT2D eigenvalue weighted by Gasteiger charge is 2.19. The first kappa shape index (κ1) is 18.1. The summed E-state index contributed by atoms with van der Waals surface area (Å²) < 4.78 is 0. The van der Waals surface area contributed by atoms with Gasteiger partial charge in [-0.3, -0.25) is 0 Å². The molecule has 1 heteroatoms. The maximum absolute atomic E-state index is 3.60. The minimum Gasteiger partial charge on any atom is -0.380 e. The van der Waals surface area contributed by atoms with Crippen LogP contribution in [0.3, 0.4) is 0 Å². The fourth-order valence-corrected chi connectivity index (χ4v) is 2.79. The number of anilines is 1. The van der Waals surface area contributed by atoms with Crippen LogP contribution in [0.15, 0.2) is 18.2 Å². The summed E-state index contributed by atoms with van der Waals surface area (Å²) in [6.45, 7) is 15.9. The smallest absolute Gasteiger partial charge is 0.0347 e. The van der Waals surface area contributed by atoms with E-state index in [1.807, 2.05) is 0 Å². The molecular weight excluding hydrogens is 254 g/mol. The lowest BCUT2D eigenvalue weighted by molar-refractivity contribution is 0.576. The Kier molecular flexibility index (Phi) is 6.31. The topological polar surface area (TPSA) is 12.0 Å². The first-order valence-electron chi connectivity index (χ1n) is 8.55. The van der Waals surface area contributed by atoms with E-state index in [0.717, 1.165) is 0 Å². The summed E-state index contributed by atoms with van der Waals surface area (Å²) in [5.41, 5.74) is 4.61. The van der Waals surface area contributed by atoms with Gasteiger partial charge < -0.3 is 5.32 Å². The van der Waals surface area contributed by atoms with Crippen molar-refractivity contribution in [2.45, 2.75) is 91.5 Å². The van der Waals surface area contributed by atoms with Crippen LogP contribution in [0, 0.1) is 0 Å². The highest BCUT2D eigenvalue weighted by Crippen LogP contribution is 2.30. The van der Waals surface area contributed by atoms with Gasteiger partial charge in [0.15, 0.2) is 0 Å². The second-order valence-corrected chi connectivity index (χ2v) is 8.31. The summed E-state index contributed by atoms with van der Waals surface area (Å²) in [7, 11) is 0. The average Bonchev–Trinajstić information content (AvgIpc) is 2.31. The van der Waals surface area contributed by atoms with Gasteiger partial charge in [-0.15, -0.1) is 0 Å². The summed E-state index contributed by atoms with van der Waals surface area (Å²) in [5.74, 6) is 0. The summed E-state index contributed by atoms with van der Waals surface area (Å²) in [6.07, 6.45) is 6.50. The molecule has 0 aromatic heterocycles. The van der Waals surface area contributed by atoms with E-state index < -0.39 is 0 Å². The Balaban J connectivity index is 2.94. The van der Waals surface area contributed by atoms with Gasteiger partial charge in [-0.2, -0.15) is 0 Å². The Bertz CT molecular complexity index is 432. The third kappa shape index (κ3) is 6.54. The predicted molar refractivity (Wildman–Crippen MR) is 96.4 cm³/mol. The first-order valence-corrected chi connectivity index (χ1v) is 8.55. The molecule has 1 N–H and O–H groups in total. The fourth-order valence-electron chi connectivity index (χ4n) is 2.79. The highest BCUT2D eigenvalue weighted by molar-refractivity contribution is 5.51. The second kappa shape index (κ2) is 7.33. The van der Waals surface area contributed by atoms with Gasteiger partial charge >= 0.3 is 0 Å². The molecule has 0 spiro atoms. The molecule has 0 heterocycles. The number of nitrogens with one attached hydrogen (secondary N) is 1. The van der Waals surface area contributed by atoms with E-state index in [0.29, 0.717) is 0 Å². The molecule has 1 aromatic rings. The summed E-state index contributed by atoms with van der Waals surface area (Å²) in [5, 5.41) is 3.60. The SMILES string of the molecule is CCCCCCc1cc(NC(C)(C)C)ccc1C(C)(C)C. The van der Waals surface area contributed by atoms with Crippen molar-refractivity contribution < 1.29 is 0 Å². The van der Waals surface area contributed by atoms with Crippen LogP contribution in [0.2, 0.25) is 0 Å². The van der Waals surface area contributed by atoms with Gasteiger partial charge in [0, 0.05) is 11.2 Å². The van der Waals surface area contributed by atoms with Crippen LogP contribution < -0.4 is 5.32 Å². The quantitative estimate of drug-likeness (QED) is 0.604. The molecule has 1 nitrogen and oxygen atoms in total. The lowest BCUT2D eigenvalue weighted by atomic mass is 9.82. The van der Waals surface area contributed by atoms with Crippen molar-refractivity contribution in [3.8, 4) is 0 Å². The third-order valence-corrected chi connectivity index (χ3v) is 3.73. The van der Waals surface area contributed by atoms with E-state index in [2.05, 4.69) is 72.0 Å². The molecule has 0 aliphatic rings. The molecule has 0 unspecified atom stereocenters. The number of hydrogen-bond acceptors (Lipinski definition) is 1. The van der Waals surface area contributed by atoms with E-state index in [9.17, 15) is 0 Å². The zero-order chi connectivity index (χ0) is 16.1. The summed E-state index contributed by atoms with van der Waals surface area (Å²) >= 11 is 0. The van der Waals surface area contributed by atoms with Gasteiger partial charge in [-0.25, -0.2) is 0 Å². The number of benzene rings is 1. The maximum atomic E-state index is 3.60. The van der Waals surface area contributed by atoms with E-state index in [1.165, 1.54) is 48.9 Å². The second-order valence-electron chi connectivity index (χ2n) is 8.31. The Morgan fingerprint density at radius 2 is 1.57 bits per heavy atom. The Hall–Kier alpha value is -0.980. The summed E-state index contributed by atoms with van der Waals surface area (Å²) in [4.78, 5) is 0. The molecular formula is C20H35N. The molecule has 0 saturated carbocycles. The molecule has 0 aliphatic carbocycles. The van der Waals surface area contributed by atoms with Gasteiger partial charge in [0.25, 0.3) is 0 Å². The Morgan fingerprint density at radius 1 is 0.905 bits per heavy atom. The molecule has 0 bridgehead atoms. The van der Waals surface area contributed by atoms with Gasteiger partial charge in [0.05, 0.1) is 0 Å². The van der Waals surface area contributed by atoms with Crippen LogP contribution in [-0.2, 0) is 11.8 Å². The van der Waals surface area contributed by atoms with Crippen LogP contribution >= 0.6 is 0 Å². The van der Waals surface area contributed by atoms with E-state index in [-0.39, 0.29) is 11.0 Å². The van der Waals surface area contributed by atoms with Crippen molar-refractivity contribution in [2.75, 3.05) is 5.32 Å². The Labute approximate surface area is 132 Å². The van der Waals surface area contributed by atoms with Crippen LogP contribution in [-0.4, -0.2) is 5.54 Å².